The summed E-state index contributed by atoms with van der Waals surface area (Å²) in [6.45, 7) is 6.16. The minimum atomic E-state index is -4.80. The number of hydroxylamine groups is 2. The zero-order valence-electron chi connectivity index (χ0n) is 16.2. The van der Waals surface area contributed by atoms with Crippen LogP contribution in [0.3, 0.4) is 0 Å². The fourth-order valence-corrected chi connectivity index (χ4v) is 3.37. The number of ether oxygens (including phenoxy) is 1. The van der Waals surface area contributed by atoms with E-state index in [1.807, 2.05) is 0 Å². The molecule has 29 heavy (non-hydrogen) atoms. The number of amides is 3. The predicted molar refractivity (Wildman–Crippen MR) is 99.7 cm³/mol. The predicted octanol–water partition coefficient (Wildman–Crippen LogP) is 0.645. The number of aromatic nitrogens is 2. The molecule has 0 radical (unpaired) electrons. The molecule has 2 bridgehead atoms. The van der Waals surface area contributed by atoms with Gasteiger partial charge in [-0.05, 0) is 38.8 Å². The van der Waals surface area contributed by atoms with Gasteiger partial charge in [-0.3, -0.25) is 4.55 Å². The van der Waals surface area contributed by atoms with Crippen molar-refractivity contribution in [3.05, 3.63) is 24.0 Å². The third-order valence-electron chi connectivity index (χ3n) is 4.09. The quantitative estimate of drug-likeness (QED) is 0.627. The molecule has 3 heterocycles. The topological polar surface area (TPSA) is 143 Å². The molecule has 2 aliphatic heterocycles. The van der Waals surface area contributed by atoms with Gasteiger partial charge in [-0.25, -0.2) is 14.3 Å². The molecule has 0 aromatic carbocycles. The molecule has 2 aliphatic rings. The number of alkyl carbamates (subject to hydrolysis) is 1. The summed E-state index contributed by atoms with van der Waals surface area (Å²) in [5, 5.41) is 7.54. The highest BCUT2D eigenvalue weighted by Gasteiger charge is 2.43. The van der Waals surface area contributed by atoms with Crippen LogP contribution in [-0.4, -0.2) is 76.1 Å². The van der Waals surface area contributed by atoms with Gasteiger partial charge in [0.05, 0.1) is 18.4 Å². The lowest BCUT2D eigenvalue weighted by Crippen LogP contribution is -2.35. The Kier molecular flexibility index (Phi) is 5.56. The molecule has 1 saturated heterocycles. The van der Waals surface area contributed by atoms with Crippen LogP contribution in [0.25, 0.3) is 5.70 Å². The average molecular weight is 429 g/mol. The number of nitrogens with one attached hydrogen (secondary N) is 1. The molecule has 1 atom stereocenters. The molecule has 2 N–H and O–H groups in total. The minimum Gasteiger partial charge on any atom is -0.444 e. The summed E-state index contributed by atoms with van der Waals surface area (Å²) in [5.74, 6) is 0. The smallest absolute Gasteiger partial charge is 0.418 e. The maximum Gasteiger partial charge on any atom is 0.418 e. The first-order chi connectivity index (χ1) is 13.4. The third kappa shape index (κ3) is 5.46. The van der Waals surface area contributed by atoms with Crippen molar-refractivity contribution < 1.29 is 31.6 Å². The molecule has 12 nitrogen and oxygen atoms in total. The van der Waals surface area contributed by atoms with Gasteiger partial charge in [-0.15, -0.1) is 4.28 Å². The average Bonchev–Trinajstić information content (AvgIpc) is 3.12. The first-order valence-electron chi connectivity index (χ1n) is 8.88. The van der Waals surface area contributed by atoms with Crippen molar-refractivity contribution in [3.63, 3.8) is 0 Å². The number of carbonyl (C=O) groups excluding carboxylic acids is 2. The molecule has 0 aliphatic carbocycles. The van der Waals surface area contributed by atoms with Gasteiger partial charge in [0.25, 0.3) is 0 Å². The first-order valence-corrected chi connectivity index (χ1v) is 10.2. The zero-order chi connectivity index (χ0) is 21.4. The monoisotopic (exact) mass is 429 g/mol. The van der Waals surface area contributed by atoms with Crippen LogP contribution in [0, 0.1) is 0 Å². The third-order valence-corrected chi connectivity index (χ3v) is 4.44. The Bertz CT molecular complexity index is 934. The Labute approximate surface area is 167 Å². The number of urea groups is 1. The molecule has 13 heteroatoms. The summed E-state index contributed by atoms with van der Waals surface area (Å²) in [6, 6.07) is -1.33. The highest BCUT2D eigenvalue weighted by atomic mass is 32.3. The zero-order valence-corrected chi connectivity index (χ0v) is 17.0. The van der Waals surface area contributed by atoms with Gasteiger partial charge in [0, 0.05) is 19.3 Å². The van der Waals surface area contributed by atoms with Gasteiger partial charge < -0.3 is 15.0 Å². The van der Waals surface area contributed by atoms with E-state index in [-0.39, 0.29) is 13.1 Å². The standard InChI is InChI=1S/C16H23N5O7S/c1-16(2,3)27-14(22)17-5-4-11-7-18-20(8-11)12-6-13-10-19(9-12)15(23)21(13)28-29(24,25)26/h6-8,13H,4-5,9-10H2,1-3H3,(H,17,22)(H,24,25,26). The fraction of sp³-hybridized carbons (Fsp3) is 0.562. The van der Waals surface area contributed by atoms with E-state index < -0.39 is 34.2 Å². The summed E-state index contributed by atoms with van der Waals surface area (Å²) in [5.41, 5.74) is 0.941. The second kappa shape index (κ2) is 7.65. The van der Waals surface area contributed by atoms with Crippen LogP contribution < -0.4 is 5.32 Å². The van der Waals surface area contributed by atoms with Gasteiger partial charge >= 0.3 is 22.5 Å². The highest BCUT2D eigenvalue weighted by Crippen LogP contribution is 2.27. The molecule has 3 rings (SSSR count). The summed E-state index contributed by atoms with van der Waals surface area (Å²) in [7, 11) is -4.80. The highest BCUT2D eigenvalue weighted by molar-refractivity contribution is 7.80. The van der Waals surface area contributed by atoms with E-state index in [1.165, 1.54) is 4.90 Å². The normalized spacial score (nSPS) is 19.4. The second-order valence-electron chi connectivity index (χ2n) is 7.69. The van der Waals surface area contributed by atoms with Crippen molar-refractivity contribution in [1.29, 1.82) is 0 Å². The Morgan fingerprint density at radius 1 is 1.41 bits per heavy atom. The van der Waals surface area contributed by atoms with Crippen LogP contribution in [0.2, 0.25) is 0 Å². The molecule has 0 saturated carbocycles. The van der Waals surface area contributed by atoms with E-state index in [9.17, 15) is 18.0 Å². The van der Waals surface area contributed by atoms with Crippen molar-refractivity contribution >= 4 is 28.2 Å². The SMILES string of the molecule is CC(C)(C)OC(=O)NCCc1cnn(C2=CC3CN(C2)C(=O)N3OS(=O)(=O)O)c1. The van der Waals surface area contributed by atoms with Crippen molar-refractivity contribution in [3.8, 4) is 0 Å². The van der Waals surface area contributed by atoms with Crippen molar-refractivity contribution in [2.45, 2.75) is 38.8 Å². The largest absolute Gasteiger partial charge is 0.444 e. The summed E-state index contributed by atoms with van der Waals surface area (Å²) >= 11 is 0. The molecule has 160 valence electrons. The van der Waals surface area contributed by atoms with Gasteiger partial charge in [-0.2, -0.15) is 18.6 Å². The summed E-state index contributed by atoms with van der Waals surface area (Å²) < 4.78 is 41.8. The maximum atomic E-state index is 12.2. The number of fused-ring (bicyclic) bond motifs is 2. The number of hydrogen-bond donors (Lipinski definition) is 2. The molecule has 1 fully saturated rings. The van der Waals surface area contributed by atoms with Crippen molar-refractivity contribution in [2.24, 2.45) is 0 Å². The number of nitrogens with zero attached hydrogens (tertiary/aromatic N) is 4. The fourth-order valence-electron chi connectivity index (χ4n) is 2.99. The van der Waals surface area contributed by atoms with Gasteiger partial charge in [-0.1, -0.05) is 0 Å². The first kappa shape index (κ1) is 21.1. The maximum absolute atomic E-state index is 12.2. The van der Waals surface area contributed by atoms with Crippen LogP contribution in [0.15, 0.2) is 18.5 Å². The van der Waals surface area contributed by atoms with E-state index in [0.717, 1.165) is 5.56 Å². The van der Waals surface area contributed by atoms with E-state index in [0.29, 0.717) is 23.7 Å². The molecular formula is C16H23N5O7S. The Morgan fingerprint density at radius 3 is 2.79 bits per heavy atom. The molecule has 0 spiro atoms. The van der Waals surface area contributed by atoms with E-state index in [2.05, 4.69) is 14.7 Å². The molecular weight excluding hydrogens is 406 g/mol. The summed E-state index contributed by atoms with van der Waals surface area (Å²) in [4.78, 5) is 25.2. The molecule has 1 unspecified atom stereocenters. The van der Waals surface area contributed by atoms with Crippen LogP contribution in [0.1, 0.15) is 26.3 Å². The Hall–Kier alpha value is -2.64. The van der Waals surface area contributed by atoms with Crippen molar-refractivity contribution in [2.75, 3.05) is 19.6 Å². The molecule has 3 amide bonds. The molecule has 1 aromatic heterocycles. The summed E-state index contributed by atoms with van der Waals surface area (Å²) in [6.07, 6.45) is 5.07. The lowest BCUT2D eigenvalue weighted by molar-refractivity contribution is -0.0183. The van der Waals surface area contributed by atoms with Gasteiger partial charge in [0.1, 0.15) is 11.6 Å². The van der Waals surface area contributed by atoms with Gasteiger partial charge in [0.2, 0.25) is 0 Å². The van der Waals surface area contributed by atoms with Crippen LogP contribution in [-0.2, 0) is 25.8 Å². The lowest BCUT2D eigenvalue weighted by atomic mass is 10.2. The van der Waals surface area contributed by atoms with Gasteiger partial charge in [0.15, 0.2) is 0 Å². The Balaban J connectivity index is 1.60. The molecule has 1 aromatic rings. The van der Waals surface area contributed by atoms with E-state index in [1.54, 1.807) is 43.9 Å². The number of hydrogen-bond acceptors (Lipinski definition) is 7. The number of carbonyl (C=O) groups is 2. The van der Waals surface area contributed by atoms with Crippen LogP contribution in [0.5, 0.6) is 0 Å². The van der Waals surface area contributed by atoms with Crippen molar-refractivity contribution in [1.82, 2.24) is 25.1 Å². The Morgan fingerprint density at radius 2 is 2.14 bits per heavy atom. The van der Waals surface area contributed by atoms with E-state index >= 15 is 0 Å². The minimum absolute atomic E-state index is 0.206. The van der Waals surface area contributed by atoms with Crippen LogP contribution in [0.4, 0.5) is 9.59 Å². The van der Waals surface area contributed by atoms with E-state index in [4.69, 9.17) is 9.29 Å². The number of rotatable bonds is 6. The second-order valence-corrected chi connectivity index (χ2v) is 8.69. The van der Waals surface area contributed by atoms with Crippen LogP contribution >= 0.6 is 0 Å². The lowest BCUT2D eigenvalue weighted by Gasteiger charge is -2.21.